The van der Waals surface area contributed by atoms with E-state index in [1.165, 1.54) is 9.75 Å². The number of nitrogens with zero attached hydrogens (tertiary/aromatic N) is 4. The summed E-state index contributed by atoms with van der Waals surface area (Å²) in [5.74, 6) is 0. The topological polar surface area (TPSA) is 76.9 Å². The molecule has 2 N–H and O–H groups in total. The lowest BCUT2D eigenvalue weighted by molar-refractivity contribution is 0.149. The van der Waals surface area contributed by atoms with E-state index in [9.17, 15) is 9.90 Å². The number of pyridine rings is 1. The number of hydrogen-bond donors (Lipinski definition) is 2. The second-order valence-corrected chi connectivity index (χ2v) is 8.80. The van der Waals surface area contributed by atoms with E-state index < -0.39 is 0 Å². The van der Waals surface area contributed by atoms with Crippen LogP contribution in [0.1, 0.15) is 10.4 Å². The van der Waals surface area contributed by atoms with Gasteiger partial charge >= 0.3 is 5.69 Å². The highest BCUT2D eigenvalue weighted by Gasteiger charge is 2.16. The van der Waals surface area contributed by atoms with E-state index >= 15 is 0 Å². The number of H-pyrrole nitrogens is 1. The van der Waals surface area contributed by atoms with Crippen molar-refractivity contribution >= 4 is 27.9 Å². The monoisotopic (exact) mass is 409 g/mol. The molecule has 1 fully saturated rings. The molecule has 4 aromatic rings. The Balaban J connectivity index is 1.51. The van der Waals surface area contributed by atoms with Gasteiger partial charge in [-0.2, -0.15) is 5.10 Å². The van der Waals surface area contributed by atoms with Gasteiger partial charge in [0.15, 0.2) is 5.65 Å². The summed E-state index contributed by atoms with van der Waals surface area (Å²) in [6.07, 6.45) is 0. The van der Waals surface area contributed by atoms with Crippen molar-refractivity contribution in [2.75, 3.05) is 33.2 Å². The van der Waals surface area contributed by atoms with Gasteiger partial charge in [0.05, 0.1) is 12.1 Å². The van der Waals surface area contributed by atoms with Crippen LogP contribution in [-0.2, 0) is 13.2 Å². The fraction of sp³-hybridized carbons (Fsp3) is 0.333. The third kappa shape index (κ3) is 3.38. The number of rotatable bonds is 4. The number of nitrogens with one attached hydrogen (secondary N) is 1. The molecule has 0 radical (unpaired) electrons. The number of likely N-dealkylation sites (N-methyl/N-ethyl adjacent to an activating group) is 1. The average molecular weight is 410 g/mol. The maximum atomic E-state index is 12.3. The molecule has 1 saturated heterocycles. The van der Waals surface area contributed by atoms with Crippen LogP contribution in [0.25, 0.3) is 27.0 Å². The molecule has 1 aromatic carbocycles. The number of aromatic nitrogens is 3. The van der Waals surface area contributed by atoms with Gasteiger partial charge in [-0.1, -0.05) is 12.1 Å². The molecule has 0 spiro atoms. The van der Waals surface area contributed by atoms with E-state index in [-0.39, 0.29) is 12.3 Å². The number of thiophene rings is 1. The van der Waals surface area contributed by atoms with Crippen LogP contribution < -0.4 is 5.69 Å². The lowest BCUT2D eigenvalue weighted by Gasteiger charge is -2.31. The lowest BCUT2D eigenvalue weighted by Crippen LogP contribution is -2.43. The van der Waals surface area contributed by atoms with Gasteiger partial charge < -0.3 is 10.0 Å². The van der Waals surface area contributed by atoms with Crippen molar-refractivity contribution in [3.63, 3.8) is 0 Å². The first-order chi connectivity index (χ1) is 14.1. The van der Waals surface area contributed by atoms with E-state index in [2.05, 4.69) is 45.2 Å². The quantitative estimate of drug-likeness (QED) is 0.540. The molecule has 0 aliphatic carbocycles. The van der Waals surface area contributed by atoms with Crippen LogP contribution in [0.5, 0.6) is 0 Å². The Kier molecular flexibility index (Phi) is 4.71. The highest BCUT2D eigenvalue weighted by Crippen LogP contribution is 2.32. The molecule has 0 saturated carbocycles. The standard InChI is InChI=1S/C21H23N5O2S/c1-24-6-8-25(9-7-24)12-16-3-5-19(29-16)14-2-4-17-15(13-27)11-20-22-23-21(28)26(20)18(17)10-14/h2-5,10-11,27H,6-9,12-13H2,1H3,(H,23,28). The number of piperazine rings is 1. The summed E-state index contributed by atoms with van der Waals surface area (Å²) in [5.41, 5.74) is 2.84. The van der Waals surface area contributed by atoms with Crippen molar-refractivity contribution in [1.29, 1.82) is 0 Å². The Labute approximate surface area is 171 Å². The summed E-state index contributed by atoms with van der Waals surface area (Å²) in [4.78, 5) is 19.7. The summed E-state index contributed by atoms with van der Waals surface area (Å²) in [6.45, 7) is 5.32. The lowest BCUT2D eigenvalue weighted by atomic mass is 10.1. The predicted octanol–water partition coefficient (Wildman–Crippen LogP) is 2.14. The number of benzene rings is 1. The number of fused-ring (bicyclic) bond motifs is 3. The van der Waals surface area contributed by atoms with Gasteiger partial charge in [0.1, 0.15) is 0 Å². The Morgan fingerprint density at radius 2 is 1.97 bits per heavy atom. The van der Waals surface area contributed by atoms with Crippen molar-refractivity contribution in [3.05, 3.63) is 57.3 Å². The first-order valence-electron chi connectivity index (χ1n) is 9.76. The number of aliphatic hydroxyl groups excluding tert-OH is 1. The molecular formula is C21H23N5O2S. The highest BCUT2D eigenvalue weighted by molar-refractivity contribution is 7.15. The van der Waals surface area contributed by atoms with Gasteiger partial charge in [-0.3, -0.25) is 4.90 Å². The van der Waals surface area contributed by atoms with Crippen LogP contribution in [-0.4, -0.2) is 62.7 Å². The van der Waals surface area contributed by atoms with E-state index in [1.54, 1.807) is 21.8 Å². The fourth-order valence-electron chi connectivity index (χ4n) is 3.99. The molecule has 1 aliphatic rings. The molecule has 0 amide bonds. The number of hydrogen-bond acceptors (Lipinski definition) is 6. The van der Waals surface area contributed by atoms with Crippen molar-refractivity contribution in [2.24, 2.45) is 0 Å². The second-order valence-electron chi connectivity index (χ2n) is 7.63. The van der Waals surface area contributed by atoms with Crippen LogP contribution in [0.2, 0.25) is 0 Å². The van der Waals surface area contributed by atoms with Crippen LogP contribution in [0, 0.1) is 0 Å². The molecule has 4 heterocycles. The SMILES string of the molecule is CN1CCN(Cc2ccc(-c3ccc4c(CO)cc5n[nH]c(=O)n5c4c3)s2)CC1. The minimum atomic E-state index is -0.270. The maximum absolute atomic E-state index is 12.3. The smallest absolute Gasteiger partial charge is 0.348 e. The van der Waals surface area contributed by atoms with Crippen LogP contribution in [0.4, 0.5) is 0 Å². The Morgan fingerprint density at radius 1 is 1.14 bits per heavy atom. The molecule has 29 heavy (non-hydrogen) atoms. The molecule has 0 atom stereocenters. The summed E-state index contributed by atoms with van der Waals surface area (Å²) in [6, 6.07) is 12.2. The normalized spacial score (nSPS) is 16.2. The molecule has 3 aromatic heterocycles. The Hall–Kier alpha value is -2.52. The molecule has 150 valence electrons. The first kappa shape index (κ1) is 18.5. The Bertz CT molecular complexity index is 1230. The Morgan fingerprint density at radius 3 is 2.76 bits per heavy atom. The molecule has 5 rings (SSSR count). The number of aromatic amines is 1. The van der Waals surface area contributed by atoms with Crippen molar-refractivity contribution in [3.8, 4) is 10.4 Å². The molecule has 7 nitrogen and oxygen atoms in total. The predicted molar refractivity (Wildman–Crippen MR) is 115 cm³/mol. The van der Waals surface area contributed by atoms with Gasteiger partial charge in [-0.15, -0.1) is 11.3 Å². The van der Waals surface area contributed by atoms with Crippen LogP contribution >= 0.6 is 11.3 Å². The minimum Gasteiger partial charge on any atom is -0.392 e. The van der Waals surface area contributed by atoms with Gasteiger partial charge in [-0.25, -0.2) is 14.3 Å². The van der Waals surface area contributed by atoms with Gasteiger partial charge in [0.2, 0.25) is 0 Å². The van der Waals surface area contributed by atoms with Gasteiger partial charge in [-0.05, 0) is 42.4 Å². The molecule has 0 unspecified atom stereocenters. The maximum Gasteiger partial charge on any atom is 0.348 e. The third-order valence-electron chi connectivity index (χ3n) is 5.68. The van der Waals surface area contributed by atoms with Crippen LogP contribution in [0.15, 0.2) is 41.2 Å². The summed E-state index contributed by atoms with van der Waals surface area (Å²) < 4.78 is 1.57. The first-order valence-corrected chi connectivity index (χ1v) is 10.6. The van der Waals surface area contributed by atoms with Gasteiger partial charge in [0, 0.05) is 47.9 Å². The number of aliphatic hydroxyl groups is 1. The van der Waals surface area contributed by atoms with Crippen molar-refractivity contribution in [2.45, 2.75) is 13.2 Å². The third-order valence-corrected chi connectivity index (χ3v) is 6.80. The summed E-state index contributed by atoms with van der Waals surface area (Å²) in [7, 11) is 2.17. The van der Waals surface area contributed by atoms with Crippen molar-refractivity contribution < 1.29 is 5.11 Å². The summed E-state index contributed by atoms with van der Waals surface area (Å²) >= 11 is 1.80. The van der Waals surface area contributed by atoms with E-state index in [0.29, 0.717) is 5.65 Å². The molecule has 0 bridgehead atoms. The molecule has 1 aliphatic heterocycles. The molecular weight excluding hydrogens is 386 g/mol. The van der Waals surface area contributed by atoms with E-state index in [0.717, 1.165) is 54.8 Å². The zero-order valence-electron chi connectivity index (χ0n) is 16.3. The zero-order valence-corrected chi connectivity index (χ0v) is 17.1. The highest BCUT2D eigenvalue weighted by atomic mass is 32.1. The van der Waals surface area contributed by atoms with Crippen LogP contribution in [0.3, 0.4) is 0 Å². The summed E-state index contributed by atoms with van der Waals surface area (Å²) in [5, 5.41) is 17.2. The molecule has 8 heteroatoms. The van der Waals surface area contributed by atoms with Crippen molar-refractivity contribution in [1.82, 2.24) is 24.4 Å². The second kappa shape index (κ2) is 7.38. The van der Waals surface area contributed by atoms with E-state index in [4.69, 9.17) is 0 Å². The van der Waals surface area contributed by atoms with E-state index in [1.807, 2.05) is 12.1 Å². The van der Waals surface area contributed by atoms with Gasteiger partial charge in [0.25, 0.3) is 0 Å². The minimum absolute atomic E-state index is 0.0957. The zero-order chi connectivity index (χ0) is 20.0. The average Bonchev–Trinajstić information content (AvgIpc) is 3.35. The fourth-order valence-corrected chi connectivity index (χ4v) is 5.04. The largest absolute Gasteiger partial charge is 0.392 e.